The lowest BCUT2D eigenvalue weighted by Crippen LogP contribution is -2.05. The van der Waals surface area contributed by atoms with E-state index < -0.39 is 8.25 Å². The average molecular weight is 278 g/mol. The molecule has 1 N–H and O–H groups in total. The Labute approximate surface area is 113 Å². The van der Waals surface area contributed by atoms with Crippen molar-refractivity contribution in [2.24, 2.45) is 5.92 Å². The van der Waals surface area contributed by atoms with E-state index in [1.54, 1.807) is 0 Å². The first-order valence-corrected chi connectivity index (χ1v) is 8.82. The number of rotatable bonds is 13. The molecule has 0 saturated heterocycles. The van der Waals surface area contributed by atoms with Crippen LogP contribution in [0.4, 0.5) is 0 Å². The Balaban J connectivity index is 3.31. The van der Waals surface area contributed by atoms with Crippen LogP contribution in [0, 0.1) is 5.92 Å². The van der Waals surface area contributed by atoms with E-state index in [4.69, 9.17) is 9.42 Å². The van der Waals surface area contributed by atoms with Gasteiger partial charge in [0.2, 0.25) is 0 Å². The first kappa shape index (κ1) is 18.1. The van der Waals surface area contributed by atoms with Gasteiger partial charge in [-0.3, -0.25) is 4.57 Å². The highest BCUT2D eigenvalue weighted by Gasteiger charge is 2.07. The molecule has 2 unspecified atom stereocenters. The van der Waals surface area contributed by atoms with Gasteiger partial charge in [-0.15, -0.1) is 0 Å². The Kier molecular flexibility index (Phi) is 13.7. The Bertz CT molecular complexity index is 197. The standard InChI is InChI=1S/C14H31O3P/c1-3-5-6-7-8-9-10-11-12-14(4-2)13-17-18(15)16/h14,18H,3-13H2,1-2H3,(H,15,16). The van der Waals surface area contributed by atoms with Crippen LogP contribution >= 0.6 is 8.25 Å². The molecular weight excluding hydrogens is 247 g/mol. The van der Waals surface area contributed by atoms with Gasteiger partial charge in [0.15, 0.2) is 0 Å². The van der Waals surface area contributed by atoms with E-state index in [9.17, 15) is 4.57 Å². The van der Waals surface area contributed by atoms with Crippen LogP contribution in [0.15, 0.2) is 0 Å². The summed E-state index contributed by atoms with van der Waals surface area (Å²) in [5.74, 6) is 0.450. The minimum atomic E-state index is -2.74. The van der Waals surface area contributed by atoms with Gasteiger partial charge in [0.05, 0.1) is 6.61 Å². The number of hydrogen-bond acceptors (Lipinski definition) is 2. The third-order valence-corrected chi connectivity index (χ3v) is 3.90. The molecule has 0 aliphatic heterocycles. The lowest BCUT2D eigenvalue weighted by atomic mass is 9.98. The minimum absolute atomic E-state index is 0.446. The van der Waals surface area contributed by atoms with Crippen LogP contribution in [0.5, 0.6) is 0 Å². The van der Waals surface area contributed by atoms with E-state index in [2.05, 4.69) is 13.8 Å². The van der Waals surface area contributed by atoms with Gasteiger partial charge >= 0.3 is 8.25 Å². The molecule has 0 fully saturated rings. The van der Waals surface area contributed by atoms with Gasteiger partial charge in [-0.1, -0.05) is 71.6 Å². The first-order valence-electron chi connectivity index (χ1n) is 7.56. The van der Waals surface area contributed by atoms with E-state index in [0.29, 0.717) is 12.5 Å². The molecule has 0 bridgehead atoms. The van der Waals surface area contributed by atoms with Crippen LogP contribution in [0.2, 0.25) is 0 Å². The highest BCUT2D eigenvalue weighted by molar-refractivity contribution is 7.32. The molecule has 2 atom stereocenters. The number of unbranched alkanes of at least 4 members (excludes halogenated alkanes) is 7. The molecule has 0 aromatic heterocycles. The smallest absolute Gasteiger partial charge is 0.316 e. The maximum atomic E-state index is 10.5. The summed E-state index contributed by atoms with van der Waals surface area (Å²) in [6, 6.07) is 0. The molecule has 0 saturated carbocycles. The fourth-order valence-corrected chi connectivity index (χ4v) is 2.54. The van der Waals surface area contributed by atoms with Crippen molar-refractivity contribution in [3.63, 3.8) is 0 Å². The Morgan fingerprint density at radius 3 is 2.06 bits per heavy atom. The van der Waals surface area contributed by atoms with E-state index in [1.807, 2.05) is 0 Å². The second kappa shape index (κ2) is 13.6. The van der Waals surface area contributed by atoms with Crippen molar-refractivity contribution in [1.82, 2.24) is 0 Å². The summed E-state index contributed by atoms with van der Waals surface area (Å²) in [6.45, 7) is 4.81. The fourth-order valence-electron chi connectivity index (χ4n) is 2.16. The van der Waals surface area contributed by atoms with Crippen molar-refractivity contribution in [1.29, 1.82) is 0 Å². The van der Waals surface area contributed by atoms with Gasteiger partial charge in [0.1, 0.15) is 0 Å². The SMILES string of the molecule is CCCCCCCCCCC(CC)CO[PH](=O)O. The molecule has 0 spiro atoms. The van der Waals surface area contributed by atoms with E-state index in [0.717, 1.165) is 12.8 Å². The fraction of sp³-hybridized carbons (Fsp3) is 1.00. The van der Waals surface area contributed by atoms with E-state index in [-0.39, 0.29) is 0 Å². The predicted molar refractivity (Wildman–Crippen MR) is 78.2 cm³/mol. The molecule has 18 heavy (non-hydrogen) atoms. The molecule has 0 aromatic carbocycles. The van der Waals surface area contributed by atoms with Gasteiger partial charge in [-0.2, -0.15) is 0 Å². The highest BCUT2D eigenvalue weighted by Crippen LogP contribution is 2.21. The second-order valence-corrected chi connectivity index (χ2v) is 5.94. The molecule has 110 valence electrons. The molecule has 0 aliphatic carbocycles. The molecule has 0 amide bonds. The van der Waals surface area contributed by atoms with Crippen LogP contribution in [0.3, 0.4) is 0 Å². The quantitative estimate of drug-likeness (QED) is 0.383. The molecular formula is C14H31O3P. The third kappa shape index (κ3) is 12.6. The first-order chi connectivity index (χ1) is 8.70. The Morgan fingerprint density at radius 1 is 1.00 bits per heavy atom. The maximum absolute atomic E-state index is 10.5. The van der Waals surface area contributed by atoms with Gasteiger partial charge in [0, 0.05) is 0 Å². The molecule has 0 heterocycles. The van der Waals surface area contributed by atoms with E-state index in [1.165, 1.54) is 51.4 Å². The summed E-state index contributed by atoms with van der Waals surface area (Å²) < 4.78 is 15.3. The average Bonchev–Trinajstić information content (AvgIpc) is 2.36. The maximum Gasteiger partial charge on any atom is 0.316 e. The van der Waals surface area contributed by atoms with Crippen molar-refractivity contribution < 1.29 is 14.0 Å². The molecule has 0 aliphatic rings. The van der Waals surface area contributed by atoms with Crippen molar-refractivity contribution in [2.75, 3.05) is 6.61 Å². The zero-order valence-corrected chi connectivity index (χ0v) is 13.1. The Hall–Kier alpha value is 0.150. The van der Waals surface area contributed by atoms with Gasteiger partial charge in [-0.05, 0) is 12.3 Å². The molecule has 0 aromatic rings. The zero-order valence-electron chi connectivity index (χ0n) is 12.1. The normalized spacial score (nSPS) is 14.6. The summed E-state index contributed by atoms with van der Waals surface area (Å²) in [6.07, 6.45) is 12.8. The van der Waals surface area contributed by atoms with Crippen LogP contribution in [-0.4, -0.2) is 11.5 Å². The summed E-state index contributed by atoms with van der Waals surface area (Å²) in [5.41, 5.74) is 0. The van der Waals surface area contributed by atoms with E-state index >= 15 is 0 Å². The lowest BCUT2D eigenvalue weighted by Gasteiger charge is -2.13. The topological polar surface area (TPSA) is 46.5 Å². The molecule has 0 radical (unpaired) electrons. The summed E-state index contributed by atoms with van der Waals surface area (Å²) >= 11 is 0. The van der Waals surface area contributed by atoms with Crippen LogP contribution in [0.1, 0.15) is 78.1 Å². The monoisotopic (exact) mass is 278 g/mol. The molecule has 4 heteroatoms. The van der Waals surface area contributed by atoms with Crippen LogP contribution in [-0.2, 0) is 9.09 Å². The second-order valence-electron chi connectivity index (χ2n) is 5.11. The predicted octanol–water partition coefficient (Wildman–Crippen LogP) is 4.94. The van der Waals surface area contributed by atoms with Crippen molar-refractivity contribution >= 4 is 8.25 Å². The number of hydrogen-bond donors (Lipinski definition) is 1. The largest absolute Gasteiger partial charge is 0.326 e. The van der Waals surface area contributed by atoms with Gasteiger partial charge in [-0.25, -0.2) is 0 Å². The highest BCUT2D eigenvalue weighted by atomic mass is 31.1. The minimum Gasteiger partial charge on any atom is -0.326 e. The molecule has 3 nitrogen and oxygen atoms in total. The molecule has 0 rings (SSSR count). The summed E-state index contributed by atoms with van der Waals surface area (Å²) in [5, 5.41) is 0. The van der Waals surface area contributed by atoms with Crippen LogP contribution in [0.25, 0.3) is 0 Å². The van der Waals surface area contributed by atoms with Crippen LogP contribution < -0.4 is 0 Å². The van der Waals surface area contributed by atoms with Gasteiger partial charge in [0.25, 0.3) is 0 Å². The lowest BCUT2D eigenvalue weighted by molar-refractivity contribution is 0.217. The van der Waals surface area contributed by atoms with Gasteiger partial charge < -0.3 is 9.42 Å². The van der Waals surface area contributed by atoms with Crippen molar-refractivity contribution in [2.45, 2.75) is 78.1 Å². The summed E-state index contributed by atoms with van der Waals surface area (Å²) in [7, 11) is -2.74. The summed E-state index contributed by atoms with van der Waals surface area (Å²) in [4.78, 5) is 8.63. The van der Waals surface area contributed by atoms with Crippen molar-refractivity contribution in [3.05, 3.63) is 0 Å². The third-order valence-electron chi connectivity index (χ3n) is 3.49. The zero-order chi connectivity index (χ0) is 13.6. The van der Waals surface area contributed by atoms with Crippen molar-refractivity contribution in [3.8, 4) is 0 Å². The Morgan fingerprint density at radius 2 is 1.56 bits per heavy atom.